The fourth-order valence-corrected chi connectivity index (χ4v) is 2.96. The molecule has 0 aliphatic rings. The van der Waals surface area contributed by atoms with Gasteiger partial charge in [0.05, 0.1) is 6.54 Å². The van der Waals surface area contributed by atoms with Crippen LogP contribution in [-0.4, -0.2) is 17.6 Å². The van der Waals surface area contributed by atoms with Crippen molar-refractivity contribution in [2.75, 3.05) is 6.61 Å². The van der Waals surface area contributed by atoms with Gasteiger partial charge in [0.15, 0.2) is 0 Å². The van der Waals surface area contributed by atoms with Crippen LogP contribution in [0.3, 0.4) is 0 Å². The topological polar surface area (TPSA) is 31.2 Å². The average Bonchev–Trinajstić information content (AvgIpc) is 2.50. The first kappa shape index (κ1) is 21.9. The minimum Gasteiger partial charge on any atom is -0.490 e. The molecular formula is C16H12BrF2INO2Y-. The average molecular weight is 584 g/mol. The third-order valence-corrected chi connectivity index (χ3v) is 4.37. The number of alkyl halides is 2. The first-order valence-corrected chi connectivity index (χ1v) is 8.44. The molecule has 1 aromatic heterocycles. The molecule has 0 spiro atoms. The normalized spacial score (nSPS) is 10.4. The van der Waals surface area contributed by atoms with Crippen molar-refractivity contribution in [3.8, 4) is 17.0 Å². The summed E-state index contributed by atoms with van der Waals surface area (Å²) in [7, 11) is 0. The molecule has 1 aromatic carbocycles. The molecule has 1 radical (unpaired) electrons. The van der Waals surface area contributed by atoms with Crippen LogP contribution in [0.4, 0.5) is 8.78 Å². The molecule has 0 fully saturated rings. The Morgan fingerprint density at radius 2 is 2.17 bits per heavy atom. The molecule has 3 nitrogen and oxygen atoms in total. The van der Waals surface area contributed by atoms with Gasteiger partial charge in [-0.1, -0.05) is 39.8 Å². The van der Waals surface area contributed by atoms with Crippen molar-refractivity contribution < 1.29 is 46.2 Å². The van der Waals surface area contributed by atoms with Gasteiger partial charge in [0.1, 0.15) is 12.4 Å². The van der Waals surface area contributed by atoms with E-state index < -0.39 is 18.5 Å². The van der Waals surface area contributed by atoms with E-state index in [-0.39, 0.29) is 32.7 Å². The van der Waals surface area contributed by atoms with Crippen LogP contribution in [0.15, 0.2) is 46.2 Å². The summed E-state index contributed by atoms with van der Waals surface area (Å²) in [5, 5.41) is 0. The maximum Gasteiger partial charge on any atom is 0.256 e. The SMILES string of the molecule is C=CCOc1ccc(-c2[c-]cc(I)c(=O)n2CC(F)F)c(Br)c1.[Y]. The van der Waals surface area contributed by atoms with Gasteiger partial charge in [0.2, 0.25) is 5.56 Å². The van der Waals surface area contributed by atoms with Crippen LogP contribution in [-0.2, 0) is 39.3 Å². The molecule has 1 heterocycles. The zero-order chi connectivity index (χ0) is 17.0. The zero-order valence-corrected chi connectivity index (χ0v) is 19.0. The molecule has 0 saturated heterocycles. The fourth-order valence-electron chi connectivity index (χ4n) is 1.97. The molecule has 2 aromatic rings. The molecule has 0 aliphatic carbocycles. The third-order valence-electron chi connectivity index (χ3n) is 2.94. The number of rotatable bonds is 6. The first-order chi connectivity index (χ1) is 10.9. The summed E-state index contributed by atoms with van der Waals surface area (Å²) in [6.07, 6.45) is -1.01. The van der Waals surface area contributed by atoms with Crippen molar-refractivity contribution in [1.82, 2.24) is 4.57 Å². The number of halogens is 4. The van der Waals surface area contributed by atoms with Gasteiger partial charge in [0, 0.05) is 32.7 Å². The summed E-state index contributed by atoms with van der Waals surface area (Å²) in [4.78, 5) is 12.2. The van der Waals surface area contributed by atoms with Gasteiger partial charge >= 0.3 is 0 Å². The van der Waals surface area contributed by atoms with E-state index in [4.69, 9.17) is 4.74 Å². The number of benzene rings is 1. The van der Waals surface area contributed by atoms with Gasteiger partial charge < -0.3 is 9.30 Å². The molecule has 125 valence electrons. The number of hydrogen-bond acceptors (Lipinski definition) is 2. The van der Waals surface area contributed by atoms with Crippen LogP contribution in [0.25, 0.3) is 11.3 Å². The summed E-state index contributed by atoms with van der Waals surface area (Å²) < 4.78 is 33.1. The van der Waals surface area contributed by atoms with E-state index in [1.807, 2.05) is 22.6 Å². The minimum atomic E-state index is -2.63. The second kappa shape index (κ2) is 10.1. The van der Waals surface area contributed by atoms with Gasteiger partial charge in [-0.05, 0) is 20.2 Å². The summed E-state index contributed by atoms with van der Waals surface area (Å²) in [6, 6.07) is 9.51. The fraction of sp³-hybridized carbons (Fsp3) is 0.188. The Labute approximate surface area is 185 Å². The Hall–Kier alpha value is -0.116. The predicted molar refractivity (Wildman–Crippen MR) is 97.1 cm³/mol. The van der Waals surface area contributed by atoms with Crippen molar-refractivity contribution in [2.24, 2.45) is 0 Å². The predicted octanol–water partition coefficient (Wildman–Crippen LogP) is 4.51. The van der Waals surface area contributed by atoms with E-state index in [0.717, 1.165) is 4.57 Å². The molecule has 0 bridgehead atoms. The second-order valence-electron chi connectivity index (χ2n) is 4.53. The maximum absolute atomic E-state index is 12.8. The van der Waals surface area contributed by atoms with Crippen LogP contribution >= 0.6 is 38.5 Å². The van der Waals surface area contributed by atoms with Crippen LogP contribution in [0.5, 0.6) is 5.75 Å². The second-order valence-corrected chi connectivity index (χ2v) is 6.55. The largest absolute Gasteiger partial charge is 0.490 e. The maximum atomic E-state index is 12.8. The number of ether oxygens (including phenoxy) is 1. The Bertz CT molecular complexity index is 783. The Morgan fingerprint density at radius 3 is 2.75 bits per heavy atom. The van der Waals surface area contributed by atoms with Gasteiger partial charge in [-0.25, -0.2) is 8.78 Å². The van der Waals surface area contributed by atoms with Gasteiger partial charge in [-0.15, -0.1) is 28.7 Å². The van der Waals surface area contributed by atoms with E-state index in [9.17, 15) is 13.6 Å². The molecule has 0 atom stereocenters. The van der Waals surface area contributed by atoms with Crippen molar-refractivity contribution in [1.29, 1.82) is 0 Å². The summed E-state index contributed by atoms with van der Waals surface area (Å²) in [5.41, 5.74) is 0.432. The number of nitrogens with zero attached hydrogens (tertiary/aromatic N) is 1. The minimum absolute atomic E-state index is 0. The third kappa shape index (κ3) is 5.44. The standard InChI is InChI=1S/C16H12BrF2INO2.Y/c1-2-7-23-10-3-4-11(12(17)8-10)14-6-5-13(20)16(22)21(14)9-15(18)19;/h2-5,8,15H,1,7,9H2;/q-1;. The molecule has 0 aliphatic heterocycles. The van der Waals surface area contributed by atoms with Gasteiger partial charge in [-0.3, -0.25) is 4.79 Å². The van der Waals surface area contributed by atoms with Crippen LogP contribution in [0.2, 0.25) is 0 Å². The monoisotopic (exact) mass is 583 g/mol. The van der Waals surface area contributed by atoms with E-state index in [1.54, 1.807) is 24.3 Å². The van der Waals surface area contributed by atoms with Crippen LogP contribution in [0.1, 0.15) is 0 Å². The van der Waals surface area contributed by atoms with Crippen LogP contribution < -0.4 is 10.3 Å². The zero-order valence-electron chi connectivity index (χ0n) is 12.4. The van der Waals surface area contributed by atoms with Crippen molar-refractivity contribution >= 4 is 38.5 Å². The molecule has 0 N–H and O–H groups in total. The van der Waals surface area contributed by atoms with E-state index >= 15 is 0 Å². The molecule has 24 heavy (non-hydrogen) atoms. The van der Waals surface area contributed by atoms with E-state index in [2.05, 4.69) is 28.6 Å². The smallest absolute Gasteiger partial charge is 0.256 e. The number of aromatic nitrogens is 1. The summed E-state index contributed by atoms with van der Waals surface area (Å²) >= 11 is 5.20. The Balaban J connectivity index is 0.00000288. The molecular weight excluding hydrogens is 572 g/mol. The molecule has 0 saturated carbocycles. The van der Waals surface area contributed by atoms with Crippen molar-refractivity contribution in [3.05, 3.63) is 61.4 Å². The number of hydrogen-bond donors (Lipinski definition) is 0. The molecule has 8 heteroatoms. The van der Waals surface area contributed by atoms with Crippen molar-refractivity contribution in [2.45, 2.75) is 13.0 Å². The van der Waals surface area contributed by atoms with Gasteiger partial charge in [0.25, 0.3) is 6.43 Å². The molecule has 0 unspecified atom stereocenters. The van der Waals surface area contributed by atoms with Crippen LogP contribution in [0, 0.1) is 9.64 Å². The Morgan fingerprint density at radius 1 is 1.46 bits per heavy atom. The van der Waals surface area contributed by atoms with E-state index in [0.29, 0.717) is 31.7 Å². The van der Waals surface area contributed by atoms with Crippen molar-refractivity contribution in [3.63, 3.8) is 0 Å². The number of pyridine rings is 1. The molecule has 2 rings (SSSR count). The summed E-state index contributed by atoms with van der Waals surface area (Å²) in [5.74, 6) is 0.605. The quantitative estimate of drug-likeness (QED) is 0.285. The van der Waals surface area contributed by atoms with Gasteiger partial charge in [-0.2, -0.15) is 12.1 Å². The first-order valence-electron chi connectivity index (χ1n) is 6.56. The molecule has 0 amide bonds. The summed E-state index contributed by atoms with van der Waals surface area (Å²) in [6.45, 7) is 3.25. The Kier molecular flexibility index (Phi) is 9.26. The van der Waals surface area contributed by atoms with E-state index in [1.165, 1.54) is 6.07 Å².